The third-order valence-electron chi connectivity index (χ3n) is 4.87. The number of phenolic OH excluding ortho intramolecular Hbond substituents is 1. The number of phenols is 1. The SMILES string of the molecule is C[C@]1(O)C[C@@H](Nc2nnc(-c3ccc(C(F)(F)F)cc3O)c3cnccc23)C1. The normalized spacial score (nSPS) is 22.1. The second-order valence-electron chi connectivity index (χ2n) is 7.29. The van der Waals surface area contributed by atoms with Crippen LogP contribution in [-0.4, -0.2) is 37.0 Å². The van der Waals surface area contributed by atoms with Crippen LogP contribution in [0.25, 0.3) is 22.0 Å². The van der Waals surface area contributed by atoms with Gasteiger partial charge in [-0.2, -0.15) is 13.2 Å². The van der Waals surface area contributed by atoms with Gasteiger partial charge in [0.25, 0.3) is 0 Å². The number of hydrogen-bond acceptors (Lipinski definition) is 6. The van der Waals surface area contributed by atoms with Crippen LogP contribution in [0, 0.1) is 0 Å². The molecule has 3 aromatic rings. The maximum absolute atomic E-state index is 12.8. The molecule has 0 bridgehead atoms. The molecule has 6 nitrogen and oxygen atoms in total. The molecule has 1 aliphatic rings. The van der Waals surface area contributed by atoms with Gasteiger partial charge in [0.05, 0.1) is 11.2 Å². The number of anilines is 1. The van der Waals surface area contributed by atoms with Crippen LogP contribution < -0.4 is 5.32 Å². The van der Waals surface area contributed by atoms with Crippen molar-refractivity contribution in [1.82, 2.24) is 15.2 Å². The Morgan fingerprint density at radius 3 is 2.54 bits per heavy atom. The van der Waals surface area contributed by atoms with Crippen LogP contribution in [0.2, 0.25) is 0 Å². The van der Waals surface area contributed by atoms with E-state index in [1.54, 1.807) is 19.2 Å². The highest BCUT2D eigenvalue weighted by atomic mass is 19.4. The van der Waals surface area contributed by atoms with E-state index in [9.17, 15) is 23.4 Å². The molecular formula is C19H17F3N4O2. The van der Waals surface area contributed by atoms with Crippen LogP contribution in [0.4, 0.5) is 19.0 Å². The minimum Gasteiger partial charge on any atom is -0.507 e. The van der Waals surface area contributed by atoms with Crippen molar-refractivity contribution in [3.63, 3.8) is 0 Å². The second-order valence-corrected chi connectivity index (χ2v) is 7.29. The van der Waals surface area contributed by atoms with E-state index in [0.29, 0.717) is 35.5 Å². The van der Waals surface area contributed by atoms with Gasteiger partial charge in [0, 0.05) is 34.8 Å². The molecule has 0 aliphatic heterocycles. The molecule has 0 unspecified atom stereocenters. The maximum atomic E-state index is 12.8. The number of hydrogen-bond donors (Lipinski definition) is 3. The Morgan fingerprint density at radius 2 is 1.89 bits per heavy atom. The van der Waals surface area contributed by atoms with Gasteiger partial charge in [-0.1, -0.05) is 0 Å². The molecule has 2 aromatic heterocycles. The summed E-state index contributed by atoms with van der Waals surface area (Å²) in [5.74, 6) is -0.0434. The molecule has 2 heterocycles. The first-order valence-electron chi connectivity index (χ1n) is 8.64. The summed E-state index contributed by atoms with van der Waals surface area (Å²) >= 11 is 0. The molecule has 0 saturated heterocycles. The number of nitrogens with zero attached hydrogens (tertiary/aromatic N) is 3. The summed E-state index contributed by atoms with van der Waals surface area (Å²) in [6, 6.07) is 4.49. The van der Waals surface area contributed by atoms with Crippen LogP contribution in [-0.2, 0) is 6.18 Å². The zero-order valence-electron chi connectivity index (χ0n) is 14.8. The molecule has 1 aliphatic carbocycles. The summed E-state index contributed by atoms with van der Waals surface area (Å²) in [5.41, 5.74) is -1.27. The molecule has 28 heavy (non-hydrogen) atoms. The fourth-order valence-electron chi connectivity index (χ4n) is 3.51. The number of pyridine rings is 1. The molecule has 0 radical (unpaired) electrons. The first-order valence-corrected chi connectivity index (χ1v) is 8.64. The topological polar surface area (TPSA) is 91.2 Å². The van der Waals surface area contributed by atoms with Crippen LogP contribution in [0.15, 0.2) is 36.7 Å². The van der Waals surface area contributed by atoms with E-state index >= 15 is 0 Å². The number of rotatable bonds is 3. The van der Waals surface area contributed by atoms with Gasteiger partial charge in [-0.05, 0) is 44.0 Å². The lowest BCUT2D eigenvalue weighted by Gasteiger charge is -2.41. The minimum atomic E-state index is -4.55. The fourth-order valence-corrected chi connectivity index (χ4v) is 3.51. The molecule has 1 saturated carbocycles. The lowest BCUT2D eigenvalue weighted by Crippen LogP contribution is -2.48. The average molecular weight is 390 g/mol. The van der Waals surface area contributed by atoms with Gasteiger partial charge in [0.15, 0.2) is 5.82 Å². The van der Waals surface area contributed by atoms with E-state index in [-0.39, 0.29) is 17.3 Å². The Bertz CT molecular complexity index is 1050. The standard InChI is InChI=1S/C19H17F3N4O2/c1-18(28)7-11(8-18)24-17-12-4-5-23-9-14(12)16(25-26-17)13-3-2-10(6-15(13)27)19(20,21)22/h2-6,9,11,27-28H,7-8H2,1H3,(H,24,26)/t11-,18+. The summed E-state index contributed by atoms with van der Waals surface area (Å²) in [6.45, 7) is 1.76. The van der Waals surface area contributed by atoms with Gasteiger partial charge < -0.3 is 15.5 Å². The van der Waals surface area contributed by atoms with Crippen molar-refractivity contribution in [3.8, 4) is 17.0 Å². The van der Waals surface area contributed by atoms with Gasteiger partial charge in [-0.15, -0.1) is 10.2 Å². The van der Waals surface area contributed by atoms with Crippen molar-refractivity contribution in [2.24, 2.45) is 0 Å². The molecule has 1 aromatic carbocycles. The molecule has 3 N–H and O–H groups in total. The van der Waals surface area contributed by atoms with Crippen molar-refractivity contribution in [3.05, 3.63) is 42.2 Å². The van der Waals surface area contributed by atoms with Crippen molar-refractivity contribution >= 4 is 16.6 Å². The molecule has 146 valence electrons. The highest BCUT2D eigenvalue weighted by molar-refractivity contribution is 6.00. The molecule has 1 fully saturated rings. The van der Waals surface area contributed by atoms with Gasteiger partial charge >= 0.3 is 6.18 Å². The molecule has 4 rings (SSSR count). The highest BCUT2D eigenvalue weighted by Crippen LogP contribution is 2.39. The summed E-state index contributed by atoms with van der Waals surface area (Å²) < 4.78 is 38.5. The smallest absolute Gasteiger partial charge is 0.416 e. The zero-order chi connectivity index (χ0) is 20.1. The number of alkyl halides is 3. The maximum Gasteiger partial charge on any atom is 0.416 e. The Labute approximate surface area is 158 Å². The molecule has 9 heteroatoms. The van der Waals surface area contributed by atoms with Crippen LogP contribution >= 0.6 is 0 Å². The van der Waals surface area contributed by atoms with E-state index in [1.165, 1.54) is 12.3 Å². The molecule has 0 spiro atoms. The fraction of sp³-hybridized carbons (Fsp3) is 0.316. The average Bonchev–Trinajstić information content (AvgIpc) is 2.60. The van der Waals surface area contributed by atoms with E-state index in [2.05, 4.69) is 20.5 Å². The number of fused-ring (bicyclic) bond motifs is 1. The van der Waals surface area contributed by atoms with Crippen molar-refractivity contribution in [2.75, 3.05) is 5.32 Å². The van der Waals surface area contributed by atoms with Gasteiger partial charge in [-0.25, -0.2) is 0 Å². The quantitative estimate of drug-likeness (QED) is 0.631. The second kappa shape index (κ2) is 6.30. The Kier molecular flexibility index (Phi) is 4.15. The third kappa shape index (κ3) is 3.33. The number of aromatic hydroxyl groups is 1. The first kappa shape index (κ1) is 18.4. The van der Waals surface area contributed by atoms with Gasteiger partial charge in [0.2, 0.25) is 0 Å². The Balaban J connectivity index is 1.74. The van der Waals surface area contributed by atoms with Crippen molar-refractivity contribution in [2.45, 2.75) is 37.6 Å². The number of aromatic nitrogens is 3. The molecule has 0 amide bonds. The molecular weight excluding hydrogens is 373 g/mol. The number of halogens is 3. The third-order valence-corrected chi connectivity index (χ3v) is 4.87. The van der Waals surface area contributed by atoms with Crippen molar-refractivity contribution < 1.29 is 23.4 Å². The Hall–Kier alpha value is -2.94. The lowest BCUT2D eigenvalue weighted by atomic mass is 9.77. The highest BCUT2D eigenvalue weighted by Gasteiger charge is 2.38. The van der Waals surface area contributed by atoms with Crippen LogP contribution in [0.5, 0.6) is 5.75 Å². The van der Waals surface area contributed by atoms with Crippen LogP contribution in [0.3, 0.4) is 0 Å². The largest absolute Gasteiger partial charge is 0.507 e. The predicted molar refractivity (Wildman–Crippen MR) is 96.7 cm³/mol. The Morgan fingerprint density at radius 1 is 1.14 bits per heavy atom. The van der Waals surface area contributed by atoms with Gasteiger partial charge in [-0.3, -0.25) is 4.98 Å². The van der Waals surface area contributed by atoms with E-state index < -0.39 is 23.1 Å². The van der Waals surface area contributed by atoms with Crippen LogP contribution in [0.1, 0.15) is 25.3 Å². The number of benzene rings is 1. The zero-order valence-corrected chi connectivity index (χ0v) is 14.8. The predicted octanol–water partition coefficient (Wildman–Crippen LogP) is 3.74. The summed E-state index contributed by atoms with van der Waals surface area (Å²) in [4.78, 5) is 4.07. The van der Waals surface area contributed by atoms with Crippen molar-refractivity contribution in [1.29, 1.82) is 0 Å². The number of nitrogens with one attached hydrogen (secondary N) is 1. The van der Waals surface area contributed by atoms with E-state index in [0.717, 1.165) is 6.07 Å². The van der Waals surface area contributed by atoms with E-state index in [4.69, 9.17) is 0 Å². The first-order chi connectivity index (χ1) is 13.1. The monoisotopic (exact) mass is 390 g/mol. The minimum absolute atomic E-state index is 0.0472. The molecule has 0 atom stereocenters. The summed E-state index contributed by atoms with van der Waals surface area (Å²) in [6.07, 6.45) is -0.310. The number of aliphatic hydroxyl groups is 1. The summed E-state index contributed by atoms with van der Waals surface area (Å²) in [5, 5.41) is 32.8. The summed E-state index contributed by atoms with van der Waals surface area (Å²) in [7, 11) is 0. The lowest BCUT2D eigenvalue weighted by molar-refractivity contribution is -0.137. The van der Waals surface area contributed by atoms with E-state index in [1.807, 2.05) is 0 Å². The van der Waals surface area contributed by atoms with Gasteiger partial charge in [0.1, 0.15) is 11.4 Å².